The number of halogens is 2. The highest BCUT2D eigenvalue weighted by Crippen LogP contribution is 2.32. The largest absolute Gasteiger partial charge is 0.375 e. The Hall–Kier alpha value is -1.40. The number of rotatable bonds is 4. The van der Waals surface area contributed by atoms with Crippen molar-refractivity contribution < 1.29 is 9.18 Å². The second-order valence-electron chi connectivity index (χ2n) is 4.37. The molecule has 6 heteroatoms. The molecule has 0 aliphatic heterocycles. The van der Waals surface area contributed by atoms with Crippen molar-refractivity contribution in [1.29, 1.82) is 0 Å². The van der Waals surface area contributed by atoms with Gasteiger partial charge in [-0.2, -0.15) is 0 Å². The standard InChI is InChI=1S/C14H14BrFN2OS/c1-8(14-11(15)5-6-20-14)17-13-7-10(18-9(2)19)3-4-12(13)16/h3-8,17H,1-2H3,(H,18,19). The minimum Gasteiger partial charge on any atom is -0.375 e. The summed E-state index contributed by atoms with van der Waals surface area (Å²) in [4.78, 5) is 12.1. The van der Waals surface area contributed by atoms with Gasteiger partial charge >= 0.3 is 0 Å². The van der Waals surface area contributed by atoms with E-state index in [1.165, 1.54) is 19.1 Å². The van der Waals surface area contributed by atoms with E-state index in [9.17, 15) is 9.18 Å². The van der Waals surface area contributed by atoms with Gasteiger partial charge in [0.2, 0.25) is 5.91 Å². The molecule has 1 unspecified atom stereocenters. The molecule has 0 radical (unpaired) electrons. The van der Waals surface area contributed by atoms with Gasteiger partial charge in [-0.05, 0) is 52.5 Å². The fraction of sp³-hybridized carbons (Fsp3) is 0.214. The van der Waals surface area contributed by atoms with E-state index in [2.05, 4.69) is 26.6 Å². The highest BCUT2D eigenvalue weighted by molar-refractivity contribution is 9.10. The van der Waals surface area contributed by atoms with Gasteiger partial charge in [0, 0.05) is 22.0 Å². The summed E-state index contributed by atoms with van der Waals surface area (Å²) in [5, 5.41) is 7.73. The molecule has 3 nitrogen and oxygen atoms in total. The van der Waals surface area contributed by atoms with Crippen LogP contribution in [0.4, 0.5) is 15.8 Å². The van der Waals surface area contributed by atoms with Gasteiger partial charge in [-0.3, -0.25) is 4.79 Å². The van der Waals surface area contributed by atoms with Crippen molar-refractivity contribution in [3.63, 3.8) is 0 Å². The van der Waals surface area contributed by atoms with Crippen LogP contribution >= 0.6 is 27.3 Å². The first-order valence-corrected chi connectivity index (χ1v) is 7.71. The third-order valence-corrected chi connectivity index (χ3v) is 4.75. The molecule has 2 rings (SSSR count). The number of hydrogen-bond acceptors (Lipinski definition) is 3. The second kappa shape index (κ2) is 6.37. The van der Waals surface area contributed by atoms with Crippen LogP contribution < -0.4 is 10.6 Å². The van der Waals surface area contributed by atoms with Crippen molar-refractivity contribution in [2.24, 2.45) is 0 Å². The fourth-order valence-corrected chi connectivity index (χ4v) is 3.56. The van der Waals surface area contributed by atoms with E-state index >= 15 is 0 Å². The molecule has 1 heterocycles. The minimum atomic E-state index is -0.348. The summed E-state index contributed by atoms with van der Waals surface area (Å²) in [6, 6.07) is 6.39. The lowest BCUT2D eigenvalue weighted by Gasteiger charge is -2.16. The second-order valence-corrected chi connectivity index (χ2v) is 6.18. The summed E-state index contributed by atoms with van der Waals surface area (Å²) >= 11 is 5.06. The molecule has 0 aliphatic carbocycles. The Morgan fingerprint density at radius 3 is 2.75 bits per heavy atom. The monoisotopic (exact) mass is 356 g/mol. The zero-order valence-electron chi connectivity index (χ0n) is 11.0. The highest BCUT2D eigenvalue weighted by Gasteiger charge is 2.13. The van der Waals surface area contributed by atoms with Gasteiger partial charge in [0.1, 0.15) is 5.82 Å². The first-order chi connectivity index (χ1) is 9.47. The van der Waals surface area contributed by atoms with Gasteiger partial charge in [-0.15, -0.1) is 11.3 Å². The van der Waals surface area contributed by atoms with Crippen molar-refractivity contribution in [3.05, 3.63) is 44.8 Å². The van der Waals surface area contributed by atoms with E-state index in [0.29, 0.717) is 11.4 Å². The molecule has 1 atom stereocenters. The van der Waals surface area contributed by atoms with Gasteiger partial charge in [-0.1, -0.05) is 0 Å². The maximum absolute atomic E-state index is 13.8. The van der Waals surface area contributed by atoms with Crippen molar-refractivity contribution in [2.75, 3.05) is 10.6 Å². The predicted molar refractivity (Wildman–Crippen MR) is 84.8 cm³/mol. The minimum absolute atomic E-state index is 0.0357. The molecule has 1 aromatic heterocycles. The molecule has 1 amide bonds. The van der Waals surface area contributed by atoms with Gasteiger partial charge in [0.25, 0.3) is 0 Å². The number of thiophene rings is 1. The Balaban J connectivity index is 2.20. The molecular formula is C14H14BrFN2OS. The van der Waals surface area contributed by atoms with Crippen LogP contribution in [0.25, 0.3) is 0 Å². The topological polar surface area (TPSA) is 41.1 Å². The molecule has 0 bridgehead atoms. The third-order valence-electron chi connectivity index (χ3n) is 2.70. The zero-order valence-corrected chi connectivity index (χ0v) is 13.4. The van der Waals surface area contributed by atoms with Crippen LogP contribution in [0.15, 0.2) is 34.1 Å². The Morgan fingerprint density at radius 1 is 1.40 bits per heavy atom. The summed E-state index contributed by atoms with van der Waals surface area (Å²) in [5.74, 6) is -0.532. The molecule has 2 N–H and O–H groups in total. The molecule has 106 valence electrons. The van der Waals surface area contributed by atoms with Crippen LogP contribution in [0.3, 0.4) is 0 Å². The average Bonchev–Trinajstić information content (AvgIpc) is 2.79. The van der Waals surface area contributed by atoms with Crippen LogP contribution in [0, 0.1) is 5.82 Å². The first-order valence-electron chi connectivity index (χ1n) is 6.04. The zero-order chi connectivity index (χ0) is 14.7. The van der Waals surface area contributed by atoms with E-state index in [1.54, 1.807) is 17.4 Å². The molecule has 20 heavy (non-hydrogen) atoms. The predicted octanol–water partition coefficient (Wildman–Crippen LogP) is 4.78. The number of anilines is 2. The summed E-state index contributed by atoms with van der Waals surface area (Å²) in [5.41, 5.74) is 0.933. The van der Waals surface area contributed by atoms with E-state index in [0.717, 1.165) is 9.35 Å². The number of carbonyl (C=O) groups excluding carboxylic acids is 1. The van der Waals surface area contributed by atoms with Crippen LogP contribution in [-0.2, 0) is 4.79 Å². The van der Waals surface area contributed by atoms with Crippen molar-refractivity contribution in [3.8, 4) is 0 Å². The summed E-state index contributed by atoms with van der Waals surface area (Å²) in [6.07, 6.45) is 0. The number of carbonyl (C=O) groups is 1. The van der Waals surface area contributed by atoms with Crippen molar-refractivity contribution >= 4 is 44.5 Å². The van der Waals surface area contributed by atoms with E-state index in [4.69, 9.17) is 0 Å². The van der Waals surface area contributed by atoms with Crippen LogP contribution in [-0.4, -0.2) is 5.91 Å². The number of hydrogen-bond donors (Lipinski definition) is 2. The maximum atomic E-state index is 13.8. The van der Waals surface area contributed by atoms with Crippen molar-refractivity contribution in [2.45, 2.75) is 19.9 Å². The Labute approximate surface area is 129 Å². The molecule has 0 saturated heterocycles. The van der Waals surface area contributed by atoms with Crippen LogP contribution in [0.5, 0.6) is 0 Å². The first kappa shape index (κ1) is 15.0. The summed E-state index contributed by atoms with van der Waals surface area (Å²) in [6.45, 7) is 3.38. The highest BCUT2D eigenvalue weighted by atomic mass is 79.9. The normalized spacial score (nSPS) is 12.0. The smallest absolute Gasteiger partial charge is 0.221 e. The Kier molecular flexibility index (Phi) is 4.77. The lowest BCUT2D eigenvalue weighted by atomic mass is 10.2. The van der Waals surface area contributed by atoms with Crippen LogP contribution in [0.1, 0.15) is 24.8 Å². The molecule has 0 aliphatic rings. The van der Waals surface area contributed by atoms with Gasteiger partial charge in [0.15, 0.2) is 0 Å². The Morgan fingerprint density at radius 2 is 2.15 bits per heavy atom. The van der Waals surface area contributed by atoms with E-state index in [-0.39, 0.29) is 17.8 Å². The third kappa shape index (κ3) is 3.58. The molecule has 0 spiro atoms. The van der Waals surface area contributed by atoms with Crippen molar-refractivity contribution in [1.82, 2.24) is 0 Å². The van der Waals surface area contributed by atoms with Gasteiger partial charge in [0.05, 0.1) is 11.7 Å². The lowest BCUT2D eigenvalue weighted by Crippen LogP contribution is -2.09. The molecular weight excluding hydrogens is 343 g/mol. The average molecular weight is 357 g/mol. The molecule has 0 saturated carbocycles. The number of nitrogens with one attached hydrogen (secondary N) is 2. The lowest BCUT2D eigenvalue weighted by molar-refractivity contribution is -0.114. The number of benzene rings is 1. The van der Waals surface area contributed by atoms with Gasteiger partial charge < -0.3 is 10.6 Å². The summed E-state index contributed by atoms with van der Waals surface area (Å²) in [7, 11) is 0. The molecule has 2 aromatic rings. The van der Waals surface area contributed by atoms with Gasteiger partial charge in [-0.25, -0.2) is 4.39 Å². The number of amides is 1. The van der Waals surface area contributed by atoms with E-state index < -0.39 is 0 Å². The fourth-order valence-electron chi connectivity index (χ4n) is 1.83. The maximum Gasteiger partial charge on any atom is 0.221 e. The molecule has 1 aromatic carbocycles. The molecule has 0 fully saturated rings. The van der Waals surface area contributed by atoms with Crippen LogP contribution in [0.2, 0.25) is 0 Å². The summed E-state index contributed by atoms with van der Waals surface area (Å²) < 4.78 is 14.8. The quantitative estimate of drug-likeness (QED) is 0.827. The Bertz CT molecular complexity index is 629. The SMILES string of the molecule is CC(=O)Nc1ccc(F)c(NC(C)c2sccc2Br)c1. The van der Waals surface area contributed by atoms with E-state index in [1.807, 2.05) is 18.4 Å².